The molecule has 0 aromatic heterocycles. The van der Waals surface area contributed by atoms with Crippen LogP contribution in [-0.2, 0) is 4.74 Å². The summed E-state index contributed by atoms with van der Waals surface area (Å²) >= 11 is 0. The van der Waals surface area contributed by atoms with Crippen LogP contribution in [0.4, 0.5) is 0 Å². The number of fused-ring (bicyclic) bond motifs is 1. The highest BCUT2D eigenvalue weighted by Crippen LogP contribution is 2.35. The summed E-state index contributed by atoms with van der Waals surface area (Å²) in [6.07, 6.45) is 2.70. The minimum Gasteiger partial charge on any atom is -0.375 e. The van der Waals surface area contributed by atoms with Gasteiger partial charge in [-0.15, -0.1) is 0 Å². The standard InChI is InChI=1S/C17H34N2O/c1-16(2,3)19-10-7-14-13-18(9-8-15(14)19)11-12-20-17(4,5)6/h14-15H,7-13H2,1-6H3. The lowest BCUT2D eigenvalue weighted by Crippen LogP contribution is -2.51. The molecule has 0 aromatic rings. The SMILES string of the molecule is CC(C)(C)OCCN1CCC2C(CCN2C(C)(C)C)C1. The maximum atomic E-state index is 5.87. The first-order valence-electron chi connectivity index (χ1n) is 8.30. The molecule has 3 heteroatoms. The number of ether oxygens (including phenoxy) is 1. The van der Waals surface area contributed by atoms with Crippen molar-refractivity contribution in [1.29, 1.82) is 0 Å². The predicted molar refractivity (Wildman–Crippen MR) is 85.1 cm³/mol. The third kappa shape index (κ3) is 4.19. The van der Waals surface area contributed by atoms with Gasteiger partial charge in [-0.25, -0.2) is 0 Å². The van der Waals surface area contributed by atoms with Crippen molar-refractivity contribution < 1.29 is 4.74 Å². The fraction of sp³-hybridized carbons (Fsp3) is 1.00. The Labute approximate surface area is 125 Å². The minimum absolute atomic E-state index is 0.00524. The topological polar surface area (TPSA) is 15.7 Å². The van der Waals surface area contributed by atoms with E-state index >= 15 is 0 Å². The van der Waals surface area contributed by atoms with Gasteiger partial charge in [0.1, 0.15) is 0 Å². The normalized spacial score (nSPS) is 29.7. The van der Waals surface area contributed by atoms with Gasteiger partial charge in [0.15, 0.2) is 0 Å². The molecule has 0 aliphatic carbocycles. The van der Waals surface area contributed by atoms with E-state index in [9.17, 15) is 0 Å². The first-order valence-corrected chi connectivity index (χ1v) is 8.30. The monoisotopic (exact) mass is 282 g/mol. The molecule has 0 spiro atoms. The molecule has 0 aromatic carbocycles. The van der Waals surface area contributed by atoms with E-state index in [0.717, 1.165) is 25.1 Å². The van der Waals surface area contributed by atoms with Crippen LogP contribution in [0.5, 0.6) is 0 Å². The third-order valence-electron chi connectivity index (χ3n) is 4.72. The molecule has 0 radical (unpaired) electrons. The molecule has 2 saturated heterocycles. The summed E-state index contributed by atoms with van der Waals surface area (Å²) in [5, 5.41) is 0. The average molecular weight is 282 g/mol. The second kappa shape index (κ2) is 5.94. The Morgan fingerprint density at radius 1 is 1.00 bits per heavy atom. The molecule has 118 valence electrons. The van der Waals surface area contributed by atoms with Crippen LogP contribution < -0.4 is 0 Å². The zero-order valence-electron chi connectivity index (χ0n) is 14.4. The van der Waals surface area contributed by atoms with Gasteiger partial charge in [-0.3, -0.25) is 4.90 Å². The molecule has 0 N–H and O–H groups in total. The molecular formula is C17H34N2O. The van der Waals surface area contributed by atoms with Gasteiger partial charge in [-0.1, -0.05) is 0 Å². The zero-order chi connectivity index (χ0) is 15.0. The van der Waals surface area contributed by atoms with Crippen LogP contribution in [0.2, 0.25) is 0 Å². The van der Waals surface area contributed by atoms with Gasteiger partial charge in [0.2, 0.25) is 0 Å². The van der Waals surface area contributed by atoms with Crippen molar-refractivity contribution in [1.82, 2.24) is 9.80 Å². The molecule has 3 nitrogen and oxygen atoms in total. The highest BCUT2D eigenvalue weighted by Gasteiger charge is 2.42. The van der Waals surface area contributed by atoms with Crippen molar-refractivity contribution in [2.24, 2.45) is 5.92 Å². The van der Waals surface area contributed by atoms with Crippen molar-refractivity contribution in [3.8, 4) is 0 Å². The summed E-state index contributed by atoms with van der Waals surface area (Å²) in [7, 11) is 0. The van der Waals surface area contributed by atoms with Crippen LogP contribution in [0.3, 0.4) is 0 Å². The quantitative estimate of drug-likeness (QED) is 0.791. The molecule has 2 rings (SSSR count). The van der Waals surface area contributed by atoms with Crippen molar-refractivity contribution in [3.63, 3.8) is 0 Å². The van der Waals surface area contributed by atoms with E-state index in [1.165, 1.54) is 32.5 Å². The van der Waals surface area contributed by atoms with Crippen molar-refractivity contribution in [2.45, 2.75) is 71.6 Å². The van der Waals surface area contributed by atoms with Crippen LogP contribution in [0.1, 0.15) is 54.4 Å². The van der Waals surface area contributed by atoms with Crippen LogP contribution in [0.25, 0.3) is 0 Å². The Balaban J connectivity index is 1.79. The predicted octanol–water partition coefficient (Wildman–Crippen LogP) is 3.00. The average Bonchev–Trinajstić information content (AvgIpc) is 2.69. The number of nitrogens with zero attached hydrogens (tertiary/aromatic N) is 2. The number of rotatable bonds is 3. The van der Waals surface area contributed by atoms with E-state index < -0.39 is 0 Å². The van der Waals surface area contributed by atoms with E-state index in [-0.39, 0.29) is 5.60 Å². The van der Waals surface area contributed by atoms with Gasteiger partial charge in [-0.2, -0.15) is 0 Å². The Kier molecular flexibility index (Phi) is 4.83. The molecule has 2 fully saturated rings. The molecule has 2 aliphatic heterocycles. The minimum atomic E-state index is -0.00524. The molecule has 0 amide bonds. The summed E-state index contributed by atoms with van der Waals surface area (Å²) in [5.41, 5.74) is 0.325. The van der Waals surface area contributed by atoms with E-state index in [2.05, 4.69) is 51.3 Å². The number of likely N-dealkylation sites (tertiary alicyclic amines) is 2. The summed E-state index contributed by atoms with van der Waals surface area (Å²) < 4.78 is 5.87. The smallest absolute Gasteiger partial charge is 0.0600 e. The maximum Gasteiger partial charge on any atom is 0.0600 e. The molecule has 2 heterocycles. The molecule has 0 saturated carbocycles. The second-order valence-corrected chi connectivity index (χ2v) is 8.53. The summed E-state index contributed by atoms with van der Waals surface area (Å²) in [4.78, 5) is 5.35. The zero-order valence-corrected chi connectivity index (χ0v) is 14.4. The summed E-state index contributed by atoms with van der Waals surface area (Å²) in [6.45, 7) is 19.2. The summed E-state index contributed by atoms with van der Waals surface area (Å²) in [5.74, 6) is 0.873. The maximum absolute atomic E-state index is 5.87. The van der Waals surface area contributed by atoms with Crippen molar-refractivity contribution in [3.05, 3.63) is 0 Å². The Hall–Kier alpha value is -0.120. The molecule has 2 aliphatic rings. The van der Waals surface area contributed by atoms with Crippen LogP contribution >= 0.6 is 0 Å². The summed E-state index contributed by atoms with van der Waals surface area (Å²) in [6, 6.07) is 0.815. The molecule has 2 unspecified atom stereocenters. The largest absolute Gasteiger partial charge is 0.375 e. The van der Waals surface area contributed by atoms with Crippen LogP contribution in [0.15, 0.2) is 0 Å². The lowest BCUT2D eigenvalue weighted by atomic mass is 9.91. The highest BCUT2D eigenvalue weighted by atomic mass is 16.5. The Morgan fingerprint density at radius 2 is 1.70 bits per heavy atom. The fourth-order valence-electron chi connectivity index (χ4n) is 3.78. The van der Waals surface area contributed by atoms with E-state index in [4.69, 9.17) is 4.74 Å². The first-order chi connectivity index (χ1) is 9.17. The lowest BCUT2D eigenvalue weighted by Gasteiger charge is -2.43. The van der Waals surface area contributed by atoms with Gasteiger partial charge in [0.25, 0.3) is 0 Å². The fourth-order valence-corrected chi connectivity index (χ4v) is 3.78. The van der Waals surface area contributed by atoms with Gasteiger partial charge in [0.05, 0.1) is 12.2 Å². The Bertz CT molecular complexity index is 316. The van der Waals surface area contributed by atoms with Crippen molar-refractivity contribution in [2.75, 3.05) is 32.8 Å². The number of piperidine rings is 1. The Morgan fingerprint density at radius 3 is 2.30 bits per heavy atom. The lowest BCUT2D eigenvalue weighted by molar-refractivity contribution is -0.0215. The third-order valence-corrected chi connectivity index (χ3v) is 4.72. The van der Waals surface area contributed by atoms with Crippen LogP contribution in [-0.4, -0.2) is 59.8 Å². The van der Waals surface area contributed by atoms with E-state index in [0.29, 0.717) is 5.54 Å². The van der Waals surface area contributed by atoms with Gasteiger partial charge >= 0.3 is 0 Å². The van der Waals surface area contributed by atoms with Crippen LogP contribution in [0, 0.1) is 5.92 Å². The molecular weight excluding hydrogens is 248 g/mol. The van der Waals surface area contributed by atoms with Crippen molar-refractivity contribution >= 4 is 0 Å². The molecule has 20 heavy (non-hydrogen) atoms. The molecule has 0 bridgehead atoms. The van der Waals surface area contributed by atoms with Gasteiger partial charge < -0.3 is 9.64 Å². The number of hydrogen-bond acceptors (Lipinski definition) is 3. The van der Waals surface area contributed by atoms with Gasteiger partial charge in [0, 0.05) is 24.7 Å². The van der Waals surface area contributed by atoms with E-state index in [1.807, 2.05) is 0 Å². The first kappa shape index (κ1) is 16.3. The second-order valence-electron chi connectivity index (χ2n) is 8.53. The molecule has 2 atom stereocenters. The van der Waals surface area contributed by atoms with E-state index in [1.54, 1.807) is 0 Å². The highest BCUT2D eigenvalue weighted by molar-refractivity contribution is 4.97. The van der Waals surface area contributed by atoms with Gasteiger partial charge in [-0.05, 0) is 73.4 Å². The number of hydrogen-bond donors (Lipinski definition) is 0.